The molecule has 0 bridgehead atoms. The van der Waals surface area contributed by atoms with Crippen molar-refractivity contribution in [2.24, 2.45) is 5.92 Å². The summed E-state index contributed by atoms with van der Waals surface area (Å²) in [5, 5.41) is 10.0. The van der Waals surface area contributed by atoms with Gasteiger partial charge in [0.05, 0.1) is 6.10 Å². The van der Waals surface area contributed by atoms with Gasteiger partial charge in [0, 0.05) is 25.7 Å². The van der Waals surface area contributed by atoms with Gasteiger partial charge in [0.25, 0.3) is 0 Å². The molecular weight excluding hydrogens is 198 g/mol. The van der Waals surface area contributed by atoms with E-state index in [4.69, 9.17) is 0 Å². The van der Waals surface area contributed by atoms with E-state index in [1.54, 1.807) is 6.92 Å². The van der Waals surface area contributed by atoms with Crippen LogP contribution in [0.15, 0.2) is 24.3 Å². The van der Waals surface area contributed by atoms with Gasteiger partial charge in [-0.15, -0.1) is 5.92 Å². The smallest absolute Gasteiger partial charge is 0.0924 e. The second-order valence-corrected chi connectivity index (χ2v) is 4.11. The quantitative estimate of drug-likeness (QED) is 0.786. The topological polar surface area (TPSA) is 23.5 Å². The first-order chi connectivity index (χ1) is 7.56. The molecule has 0 saturated carbocycles. The Kier molecular flexibility index (Phi) is 4.39. The fraction of sp³-hybridized carbons (Fsp3) is 0.429. The third kappa shape index (κ3) is 3.01. The number of hydrogen-bond donors (Lipinski definition) is 1. The maximum absolute atomic E-state index is 10.0. The van der Waals surface area contributed by atoms with Gasteiger partial charge in [-0.05, 0) is 31.5 Å². The van der Waals surface area contributed by atoms with Crippen LogP contribution in [-0.2, 0) is 0 Å². The van der Waals surface area contributed by atoms with Crippen LogP contribution in [0.1, 0.15) is 25.5 Å². The Morgan fingerprint density at radius 1 is 1.19 bits per heavy atom. The highest BCUT2D eigenvalue weighted by atomic mass is 16.3. The molecule has 2 atom stereocenters. The summed E-state index contributed by atoms with van der Waals surface area (Å²) < 4.78 is 0. The van der Waals surface area contributed by atoms with Crippen molar-refractivity contribution in [2.75, 3.05) is 19.0 Å². The van der Waals surface area contributed by atoms with E-state index >= 15 is 0 Å². The van der Waals surface area contributed by atoms with Gasteiger partial charge in [0.15, 0.2) is 0 Å². The molecule has 0 radical (unpaired) electrons. The van der Waals surface area contributed by atoms with Crippen LogP contribution in [0.3, 0.4) is 0 Å². The van der Waals surface area contributed by atoms with Gasteiger partial charge in [-0.25, -0.2) is 0 Å². The lowest BCUT2D eigenvalue weighted by molar-refractivity contribution is 0.143. The highest BCUT2D eigenvalue weighted by molar-refractivity contribution is 5.46. The number of aliphatic hydroxyl groups excluding tert-OH is 1. The molecule has 1 N–H and O–H groups in total. The van der Waals surface area contributed by atoms with E-state index in [0.29, 0.717) is 0 Å². The molecule has 86 valence electrons. The summed E-state index contributed by atoms with van der Waals surface area (Å²) in [5.74, 6) is 5.77. The highest BCUT2D eigenvalue weighted by Crippen LogP contribution is 2.23. The summed E-state index contributed by atoms with van der Waals surface area (Å²) in [4.78, 5) is 2.03. The van der Waals surface area contributed by atoms with E-state index in [-0.39, 0.29) is 5.92 Å². The summed E-state index contributed by atoms with van der Waals surface area (Å²) in [6, 6.07) is 7.91. The van der Waals surface area contributed by atoms with Crippen molar-refractivity contribution in [3.05, 3.63) is 29.8 Å². The molecular formula is C14H19NO. The summed E-state index contributed by atoms with van der Waals surface area (Å²) in [6.45, 7) is 3.72. The molecule has 0 fully saturated rings. The SMILES string of the molecule is CC#C[C@@H](C)[C@H](O)c1ccc(N(C)C)cc1. The fourth-order valence-electron chi connectivity index (χ4n) is 1.56. The third-order valence-electron chi connectivity index (χ3n) is 2.60. The van der Waals surface area contributed by atoms with Gasteiger partial charge in [0.2, 0.25) is 0 Å². The van der Waals surface area contributed by atoms with Crippen molar-refractivity contribution in [3.8, 4) is 11.8 Å². The zero-order valence-corrected chi connectivity index (χ0v) is 10.4. The van der Waals surface area contributed by atoms with Crippen molar-refractivity contribution < 1.29 is 5.11 Å². The predicted octanol–water partition coefficient (Wildman–Crippen LogP) is 2.45. The zero-order chi connectivity index (χ0) is 12.1. The lowest BCUT2D eigenvalue weighted by atomic mass is 9.98. The van der Waals surface area contributed by atoms with Crippen LogP contribution in [0.4, 0.5) is 5.69 Å². The van der Waals surface area contributed by atoms with E-state index in [0.717, 1.165) is 11.3 Å². The Morgan fingerprint density at radius 2 is 1.75 bits per heavy atom. The van der Waals surface area contributed by atoms with Crippen LogP contribution < -0.4 is 4.90 Å². The van der Waals surface area contributed by atoms with Gasteiger partial charge in [-0.1, -0.05) is 18.1 Å². The van der Waals surface area contributed by atoms with Crippen LogP contribution in [0, 0.1) is 17.8 Å². The Bertz CT molecular complexity index is 383. The largest absolute Gasteiger partial charge is 0.387 e. The molecule has 0 aliphatic carbocycles. The second-order valence-electron chi connectivity index (χ2n) is 4.11. The minimum absolute atomic E-state index is 0.0322. The standard InChI is InChI=1S/C14H19NO/c1-5-6-11(2)14(16)12-7-9-13(10-8-12)15(3)4/h7-11,14,16H,1-4H3/t11-,14+/m1/s1. The minimum atomic E-state index is -0.510. The number of anilines is 1. The number of rotatable bonds is 3. The molecule has 0 spiro atoms. The lowest BCUT2D eigenvalue weighted by Crippen LogP contribution is -2.10. The Balaban J connectivity index is 2.84. The maximum Gasteiger partial charge on any atom is 0.0924 e. The molecule has 0 unspecified atom stereocenters. The molecule has 1 rings (SSSR count). The average Bonchev–Trinajstić information content (AvgIpc) is 2.28. The second kappa shape index (κ2) is 5.58. The van der Waals surface area contributed by atoms with E-state index in [2.05, 4.69) is 11.8 Å². The van der Waals surface area contributed by atoms with Crippen molar-refractivity contribution in [3.63, 3.8) is 0 Å². The summed E-state index contributed by atoms with van der Waals surface area (Å²) >= 11 is 0. The molecule has 0 heterocycles. The Hall–Kier alpha value is -1.46. The van der Waals surface area contributed by atoms with Crippen LogP contribution in [0.2, 0.25) is 0 Å². The van der Waals surface area contributed by atoms with Crippen molar-refractivity contribution >= 4 is 5.69 Å². The fourth-order valence-corrected chi connectivity index (χ4v) is 1.56. The molecule has 0 saturated heterocycles. The molecule has 2 heteroatoms. The first-order valence-electron chi connectivity index (χ1n) is 5.44. The predicted molar refractivity (Wildman–Crippen MR) is 68.3 cm³/mol. The van der Waals surface area contributed by atoms with Gasteiger partial charge < -0.3 is 10.0 Å². The molecule has 0 amide bonds. The lowest BCUT2D eigenvalue weighted by Gasteiger charge is -2.17. The highest BCUT2D eigenvalue weighted by Gasteiger charge is 2.13. The van der Waals surface area contributed by atoms with Gasteiger partial charge in [-0.3, -0.25) is 0 Å². The van der Waals surface area contributed by atoms with Crippen LogP contribution >= 0.6 is 0 Å². The van der Waals surface area contributed by atoms with Crippen LogP contribution in [0.5, 0.6) is 0 Å². The van der Waals surface area contributed by atoms with Crippen molar-refractivity contribution in [1.82, 2.24) is 0 Å². The van der Waals surface area contributed by atoms with Gasteiger partial charge in [0.1, 0.15) is 0 Å². The van der Waals surface area contributed by atoms with E-state index in [1.165, 1.54) is 0 Å². The number of benzene rings is 1. The molecule has 1 aromatic rings. The summed E-state index contributed by atoms with van der Waals surface area (Å²) in [6.07, 6.45) is -0.510. The Morgan fingerprint density at radius 3 is 2.19 bits per heavy atom. The van der Waals surface area contributed by atoms with E-state index in [1.807, 2.05) is 50.2 Å². The molecule has 0 aliphatic rings. The van der Waals surface area contributed by atoms with Crippen molar-refractivity contribution in [1.29, 1.82) is 0 Å². The maximum atomic E-state index is 10.0. The molecule has 0 aliphatic heterocycles. The first kappa shape index (κ1) is 12.6. The summed E-state index contributed by atoms with van der Waals surface area (Å²) in [5.41, 5.74) is 2.05. The minimum Gasteiger partial charge on any atom is -0.387 e. The molecule has 1 aromatic carbocycles. The Labute approximate surface area is 97.9 Å². The normalized spacial score (nSPS) is 13.6. The summed E-state index contributed by atoms with van der Waals surface area (Å²) in [7, 11) is 3.99. The van der Waals surface area contributed by atoms with Crippen molar-refractivity contribution in [2.45, 2.75) is 20.0 Å². The van der Waals surface area contributed by atoms with E-state index < -0.39 is 6.10 Å². The van der Waals surface area contributed by atoms with E-state index in [9.17, 15) is 5.11 Å². The average molecular weight is 217 g/mol. The first-order valence-corrected chi connectivity index (χ1v) is 5.44. The monoisotopic (exact) mass is 217 g/mol. The van der Waals surface area contributed by atoms with Crippen LogP contribution in [-0.4, -0.2) is 19.2 Å². The zero-order valence-electron chi connectivity index (χ0n) is 10.4. The third-order valence-corrected chi connectivity index (χ3v) is 2.60. The number of nitrogens with zero attached hydrogens (tertiary/aromatic N) is 1. The van der Waals surface area contributed by atoms with Crippen LogP contribution in [0.25, 0.3) is 0 Å². The number of hydrogen-bond acceptors (Lipinski definition) is 2. The molecule has 16 heavy (non-hydrogen) atoms. The molecule has 2 nitrogen and oxygen atoms in total. The molecule has 0 aromatic heterocycles. The van der Waals surface area contributed by atoms with Gasteiger partial charge in [-0.2, -0.15) is 0 Å². The van der Waals surface area contributed by atoms with Gasteiger partial charge >= 0.3 is 0 Å². The number of aliphatic hydroxyl groups is 1.